The minimum atomic E-state index is -1.50. The molecule has 11 nitrogen and oxygen atoms in total. The van der Waals surface area contributed by atoms with Crippen LogP contribution in [0.1, 0.15) is 219 Å². The Hall–Kier alpha value is -1.79. The molecule has 7 N–H and O–H groups in total. The second-order valence-electron chi connectivity index (χ2n) is 16.9. The molecule has 336 valence electrons. The van der Waals surface area contributed by atoms with Crippen LogP contribution in [0.15, 0.2) is 0 Å². The topological polar surface area (TPSA) is 174 Å². The molecule has 5 atom stereocenters. The number of aliphatic hydroxyl groups is 3. The Balaban J connectivity index is 2.62. The molecule has 0 unspecified atom stereocenters. The average Bonchev–Trinajstić information content (AvgIpc) is 3.21. The van der Waals surface area contributed by atoms with Crippen molar-refractivity contribution >= 4 is 17.7 Å². The molecule has 3 amide bonds. The molecule has 0 aliphatic carbocycles. The molecular weight excluding hydrogens is 721 g/mol. The van der Waals surface area contributed by atoms with Gasteiger partial charge in [0.05, 0.1) is 19.7 Å². The third kappa shape index (κ3) is 26.8. The SMILES string of the molecule is CCCCCCCCCCCCCCCCCCN(C(=O)CCCCCCCCCCCCCCCCC)[C@@H]1O[C@H](CO)[C@@H](O)[C@H](O)[C@H]1NC(=O)CNC(=O)CN. The molecule has 0 aromatic heterocycles. The van der Waals surface area contributed by atoms with Crippen LogP contribution in [0, 0.1) is 0 Å². The standard InChI is InChI=1S/C46H90N4O7/c1-3-5-7-9-11-13-15-17-19-21-23-25-27-29-31-33-35-50(42(54)34-32-30-28-26-24-22-20-18-16-14-12-10-8-6-4-2)46-43(45(56)44(55)39(38-51)57-46)49-41(53)37-48-40(52)36-47/h39,43-46,51,55-56H,3-38,47H2,1-2H3,(H,48,52)(H,49,53)/t39-,43-,44-,45-,46-/m1/s1. The van der Waals surface area contributed by atoms with Gasteiger partial charge in [-0.2, -0.15) is 0 Å². The van der Waals surface area contributed by atoms with E-state index in [0.29, 0.717) is 13.0 Å². The highest BCUT2D eigenvalue weighted by Gasteiger charge is 2.48. The van der Waals surface area contributed by atoms with E-state index < -0.39 is 49.0 Å². The normalized spacial score (nSPS) is 19.4. The molecule has 0 saturated carbocycles. The Labute approximate surface area is 348 Å². The number of rotatable bonds is 39. The number of nitrogens with two attached hydrogens (primary N) is 1. The minimum Gasteiger partial charge on any atom is -0.394 e. The van der Waals surface area contributed by atoms with Gasteiger partial charge in [0, 0.05) is 13.0 Å². The Bertz CT molecular complexity index is 973. The van der Waals surface area contributed by atoms with E-state index in [2.05, 4.69) is 24.5 Å². The summed E-state index contributed by atoms with van der Waals surface area (Å²) >= 11 is 0. The van der Waals surface area contributed by atoms with E-state index in [4.69, 9.17) is 10.5 Å². The Morgan fingerprint density at radius 1 is 0.561 bits per heavy atom. The van der Waals surface area contributed by atoms with Crippen LogP contribution >= 0.6 is 0 Å². The monoisotopic (exact) mass is 811 g/mol. The van der Waals surface area contributed by atoms with Gasteiger partial charge in [0.2, 0.25) is 17.7 Å². The molecule has 1 rings (SSSR count). The summed E-state index contributed by atoms with van der Waals surface area (Å²) in [6.07, 6.45) is 33.5. The van der Waals surface area contributed by atoms with Crippen LogP contribution < -0.4 is 16.4 Å². The van der Waals surface area contributed by atoms with Crippen molar-refractivity contribution in [3.8, 4) is 0 Å². The van der Waals surface area contributed by atoms with Crippen molar-refractivity contribution in [3.63, 3.8) is 0 Å². The summed E-state index contributed by atoms with van der Waals surface area (Å²) in [7, 11) is 0. The smallest absolute Gasteiger partial charge is 0.239 e. The summed E-state index contributed by atoms with van der Waals surface area (Å²) in [6, 6.07) is -1.16. The Kier molecular flexibility index (Phi) is 34.8. The van der Waals surface area contributed by atoms with Crippen molar-refractivity contribution in [1.29, 1.82) is 0 Å². The fraction of sp³-hybridized carbons (Fsp3) is 0.935. The fourth-order valence-electron chi connectivity index (χ4n) is 8.02. The first-order chi connectivity index (χ1) is 27.8. The van der Waals surface area contributed by atoms with E-state index in [9.17, 15) is 29.7 Å². The van der Waals surface area contributed by atoms with Crippen LogP contribution in [-0.2, 0) is 19.1 Å². The van der Waals surface area contributed by atoms with Gasteiger partial charge in [-0.25, -0.2) is 0 Å². The van der Waals surface area contributed by atoms with Gasteiger partial charge in [-0.05, 0) is 12.8 Å². The lowest BCUT2D eigenvalue weighted by molar-refractivity contribution is -0.231. The summed E-state index contributed by atoms with van der Waals surface area (Å²) in [5, 5.41) is 36.9. The highest BCUT2D eigenvalue weighted by Crippen LogP contribution is 2.26. The lowest BCUT2D eigenvalue weighted by Gasteiger charge is -2.47. The number of ether oxygens (including phenoxy) is 1. The summed E-state index contributed by atoms with van der Waals surface area (Å²) < 4.78 is 6.09. The van der Waals surface area contributed by atoms with Crippen molar-refractivity contribution in [3.05, 3.63) is 0 Å². The maximum absolute atomic E-state index is 13.9. The van der Waals surface area contributed by atoms with Gasteiger partial charge in [-0.15, -0.1) is 0 Å². The minimum absolute atomic E-state index is 0.133. The highest BCUT2D eigenvalue weighted by atomic mass is 16.5. The van der Waals surface area contributed by atoms with Crippen molar-refractivity contribution < 1.29 is 34.4 Å². The molecule has 0 bridgehead atoms. The molecule has 57 heavy (non-hydrogen) atoms. The van der Waals surface area contributed by atoms with Crippen LogP contribution in [0.3, 0.4) is 0 Å². The number of hydrogen-bond donors (Lipinski definition) is 6. The van der Waals surface area contributed by atoms with E-state index >= 15 is 0 Å². The zero-order valence-electron chi connectivity index (χ0n) is 36.8. The van der Waals surface area contributed by atoms with Crippen molar-refractivity contribution in [2.45, 2.75) is 250 Å². The van der Waals surface area contributed by atoms with Gasteiger partial charge in [0.1, 0.15) is 24.4 Å². The van der Waals surface area contributed by atoms with Crippen LogP contribution in [0.2, 0.25) is 0 Å². The van der Waals surface area contributed by atoms with Crippen LogP contribution in [0.25, 0.3) is 0 Å². The van der Waals surface area contributed by atoms with Crippen molar-refractivity contribution in [2.75, 3.05) is 26.2 Å². The van der Waals surface area contributed by atoms with Gasteiger partial charge in [0.15, 0.2) is 6.23 Å². The lowest BCUT2D eigenvalue weighted by atomic mass is 9.94. The zero-order valence-corrected chi connectivity index (χ0v) is 36.8. The van der Waals surface area contributed by atoms with Gasteiger partial charge in [0.25, 0.3) is 0 Å². The number of carbonyl (C=O) groups is 3. The summed E-state index contributed by atoms with van der Waals surface area (Å²) in [5.74, 6) is -1.25. The molecule has 0 aromatic rings. The second-order valence-corrected chi connectivity index (χ2v) is 16.9. The average molecular weight is 811 g/mol. The number of hydrogen-bond acceptors (Lipinski definition) is 8. The van der Waals surface area contributed by atoms with Gasteiger partial charge in [-0.1, -0.05) is 200 Å². The fourth-order valence-corrected chi connectivity index (χ4v) is 8.02. The number of amides is 3. The predicted octanol–water partition coefficient (Wildman–Crippen LogP) is 8.34. The number of nitrogens with zero attached hydrogens (tertiary/aromatic N) is 1. The van der Waals surface area contributed by atoms with Crippen molar-refractivity contribution in [1.82, 2.24) is 15.5 Å². The third-order valence-electron chi connectivity index (χ3n) is 11.7. The predicted molar refractivity (Wildman–Crippen MR) is 233 cm³/mol. The molecule has 0 spiro atoms. The van der Waals surface area contributed by atoms with Crippen LogP contribution in [-0.4, -0.2) is 94.8 Å². The maximum Gasteiger partial charge on any atom is 0.239 e. The first-order valence-electron chi connectivity index (χ1n) is 24.0. The quantitative estimate of drug-likeness (QED) is 0.0336. The lowest BCUT2D eigenvalue weighted by Crippen LogP contribution is -2.69. The summed E-state index contributed by atoms with van der Waals surface area (Å²) in [4.78, 5) is 40.0. The number of carbonyl (C=O) groups excluding carboxylic acids is 3. The summed E-state index contributed by atoms with van der Waals surface area (Å²) in [6.45, 7) is 3.69. The zero-order chi connectivity index (χ0) is 41.8. The first-order valence-corrected chi connectivity index (χ1v) is 24.0. The molecule has 1 aliphatic heterocycles. The molecule has 0 radical (unpaired) electrons. The van der Waals surface area contributed by atoms with E-state index in [0.717, 1.165) is 51.4 Å². The molecule has 1 fully saturated rings. The van der Waals surface area contributed by atoms with Gasteiger partial charge in [-0.3, -0.25) is 14.4 Å². The Morgan fingerprint density at radius 2 is 0.947 bits per heavy atom. The maximum atomic E-state index is 13.9. The number of unbranched alkanes of at least 4 members (excludes halogenated alkanes) is 29. The summed E-state index contributed by atoms with van der Waals surface area (Å²) in [5.41, 5.74) is 5.35. The Morgan fingerprint density at radius 3 is 1.33 bits per heavy atom. The highest BCUT2D eigenvalue weighted by molar-refractivity contribution is 5.85. The van der Waals surface area contributed by atoms with Crippen molar-refractivity contribution in [2.24, 2.45) is 5.73 Å². The molecular formula is C46H90N4O7. The molecule has 1 aliphatic rings. The van der Waals surface area contributed by atoms with Crippen LogP contribution in [0.5, 0.6) is 0 Å². The van der Waals surface area contributed by atoms with E-state index in [1.165, 1.54) is 148 Å². The van der Waals surface area contributed by atoms with E-state index in [1.807, 2.05) is 0 Å². The molecule has 11 heteroatoms. The first kappa shape index (κ1) is 53.2. The molecule has 1 heterocycles. The number of nitrogens with one attached hydrogen (secondary N) is 2. The van der Waals surface area contributed by atoms with Crippen LogP contribution in [0.4, 0.5) is 0 Å². The van der Waals surface area contributed by atoms with E-state index in [-0.39, 0.29) is 19.0 Å². The molecule has 0 aromatic carbocycles. The largest absolute Gasteiger partial charge is 0.394 e. The van der Waals surface area contributed by atoms with E-state index in [1.54, 1.807) is 4.90 Å². The molecule has 1 saturated heterocycles. The van der Waals surface area contributed by atoms with Gasteiger partial charge < -0.3 is 41.3 Å². The second kappa shape index (κ2) is 37.2. The number of aliphatic hydroxyl groups excluding tert-OH is 3. The van der Waals surface area contributed by atoms with Gasteiger partial charge >= 0.3 is 0 Å². The third-order valence-corrected chi connectivity index (χ3v) is 11.7.